The molecule has 0 amide bonds. The smallest absolute Gasteiger partial charge is 0.212 e. The molecule has 0 aliphatic rings. The Morgan fingerprint density at radius 2 is 1.94 bits per heavy atom. The Morgan fingerprint density at radius 1 is 1.19 bits per heavy atom. The van der Waals surface area contributed by atoms with Gasteiger partial charge in [0.05, 0.1) is 17.9 Å². The lowest BCUT2D eigenvalue weighted by Crippen LogP contribution is -1.95. The molecule has 1 nitrogen and oxygen atoms in total. The average Bonchev–Trinajstić information content (AvgIpc) is 2.26. The van der Waals surface area contributed by atoms with Crippen molar-refractivity contribution in [1.82, 2.24) is 0 Å². The van der Waals surface area contributed by atoms with Crippen LogP contribution in [0.3, 0.4) is 0 Å². The van der Waals surface area contributed by atoms with Crippen LogP contribution in [-0.4, -0.2) is 0 Å². The molecule has 0 saturated heterocycles. The van der Waals surface area contributed by atoms with Gasteiger partial charge in [-0.2, -0.15) is 0 Å². The lowest BCUT2D eigenvalue weighted by molar-refractivity contribution is 0.537. The molecule has 0 spiro atoms. The van der Waals surface area contributed by atoms with Gasteiger partial charge >= 0.3 is 11.3 Å². The van der Waals surface area contributed by atoms with Gasteiger partial charge in [0.25, 0.3) is 0 Å². The zero-order valence-electron chi connectivity index (χ0n) is 10.3. The van der Waals surface area contributed by atoms with Crippen LogP contribution in [0.15, 0.2) is 34.7 Å². The van der Waals surface area contributed by atoms with E-state index in [1.165, 1.54) is 17.4 Å². The Kier molecular flexibility index (Phi) is 3.23. The number of para-hydroxylation sites is 1. The van der Waals surface area contributed by atoms with E-state index in [4.69, 9.17) is 4.42 Å². The van der Waals surface area contributed by atoms with E-state index in [2.05, 4.69) is 39.0 Å². The van der Waals surface area contributed by atoms with Crippen molar-refractivity contribution in [3.8, 4) is 0 Å². The third-order valence-corrected chi connectivity index (χ3v) is 2.96. The van der Waals surface area contributed by atoms with Crippen molar-refractivity contribution >= 4 is 11.0 Å². The van der Waals surface area contributed by atoms with E-state index in [1.54, 1.807) is 0 Å². The van der Waals surface area contributed by atoms with Gasteiger partial charge in [0.2, 0.25) is 0 Å². The summed E-state index contributed by atoms with van der Waals surface area (Å²) < 4.78 is 5.83. The van der Waals surface area contributed by atoms with Gasteiger partial charge in [0.15, 0.2) is 0 Å². The number of rotatable bonds is 3. The summed E-state index contributed by atoms with van der Waals surface area (Å²) in [4.78, 5) is 0. The number of hydrogen-bond donors (Lipinski definition) is 0. The molecule has 0 atom stereocenters. The highest BCUT2D eigenvalue weighted by atomic mass is 16.3. The van der Waals surface area contributed by atoms with Gasteiger partial charge in [0, 0.05) is 6.07 Å². The van der Waals surface area contributed by atoms with Crippen molar-refractivity contribution in [2.75, 3.05) is 0 Å². The Morgan fingerprint density at radius 3 is 2.69 bits per heavy atom. The molecule has 0 radical (unpaired) electrons. The summed E-state index contributed by atoms with van der Waals surface area (Å²) >= 11 is 0. The highest BCUT2D eigenvalue weighted by molar-refractivity contribution is 5.77. The third kappa shape index (κ3) is 2.41. The SMILES string of the molecule is Cc1[o+]c2ccccc2cc1CCC(C)C. The first-order valence-corrected chi connectivity index (χ1v) is 5.98. The van der Waals surface area contributed by atoms with Crippen LogP contribution >= 0.6 is 0 Å². The Hall–Kier alpha value is -1.37. The second kappa shape index (κ2) is 4.65. The highest BCUT2D eigenvalue weighted by Crippen LogP contribution is 2.21. The average molecular weight is 215 g/mol. The molecule has 1 heteroatoms. The molecule has 16 heavy (non-hydrogen) atoms. The van der Waals surface area contributed by atoms with Gasteiger partial charge in [-0.15, -0.1) is 0 Å². The third-order valence-electron chi connectivity index (χ3n) is 2.96. The molecule has 1 heterocycles. The quantitative estimate of drug-likeness (QED) is 0.680. The highest BCUT2D eigenvalue weighted by Gasteiger charge is 2.14. The van der Waals surface area contributed by atoms with Crippen LogP contribution in [0.5, 0.6) is 0 Å². The van der Waals surface area contributed by atoms with Crippen LogP contribution < -0.4 is 0 Å². The second-order valence-electron chi connectivity index (χ2n) is 4.80. The minimum atomic E-state index is 0.742. The van der Waals surface area contributed by atoms with Crippen molar-refractivity contribution in [2.45, 2.75) is 33.6 Å². The van der Waals surface area contributed by atoms with Crippen LogP contribution in [0, 0.1) is 12.8 Å². The standard InChI is InChI=1S/C15H19O/c1-11(2)8-9-13-10-14-6-4-5-7-15(14)16-12(13)3/h4-7,10-11H,8-9H2,1-3H3/q+1. The summed E-state index contributed by atoms with van der Waals surface area (Å²) in [5.41, 5.74) is 2.32. The summed E-state index contributed by atoms with van der Waals surface area (Å²) in [6, 6.07) is 10.5. The molecule has 0 N–H and O–H groups in total. The predicted octanol–water partition coefficient (Wildman–Crippen LogP) is 4.61. The first kappa shape index (κ1) is 11.1. The van der Waals surface area contributed by atoms with Crippen molar-refractivity contribution < 1.29 is 4.42 Å². The number of aryl methyl sites for hydroxylation is 2. The monoisotopic (exact) mass is 215 g/mol. The van der Waals surface area contributed by atoms with Crippen molar-refractivity contribution in [2.24, 2.45) is 5.92 Å². The molecule has 0 saturated carbocycles. The molecule has 2 rings (SSSR count). The second-order valence-corrected chi connectivity index (χ2v) is 4.80. The molecular weight excluding hydrogens is 196 g/mol. The van der Waals surface area contributed by atoms with Gasteiger partial charge in [-0.25, -0.2) is 4.42 Å². The summed E-state index contributed by atoms with van der Waals surface area (Å²) in [6.07, 6.45) is 2.33. The van der Waals surface area contributed by atoms with E-state index in [0.29, 0.717) is 0 Å². The van der Waals surface area contributed by atoms with Gasteiger partial charge < -0.3 is 0 Å². The molecule has 0 aliphatic heterocycles. The fraction of sp³-hybridized carbons (Fsp3) is 0.400. The van der Waals surface area contributed by atoms with Crippen LogP contribution in [0.1, 0.15) is 31.6 Å². The number of benzene rings is 1. The lowest BCUT2D eigenvalue weighted by atomic mass is 10.0. The fourth-order valence-electron chi connectivity index (χ4n) is 1.90. The Balaban J connectivity index is 2.34. The maximum Gasteiger partial charge on any atom is 0.360 e. The molecule has 0 bridgehead atoms. The zero-order chi connectivity index (χ0) is 11.5. The molecule has 0 aliphatic carbocycles. The predicted molar refractivity (Wildman–Crippen MR) is 68.5 cm³/mol. The van der Waals surface area contributed by atoms with Crippen LogP contribution in [0.4, 0.5) is 0 Å². The zero-order valence-corrected chi connectivity index (χ0v) is 10.3. The Labute approximate surface area is 97.1 Å². The molecule has 1 aromatic carbocycles. The Bertz CT molecular complexity index is 486. The number of fused-ring (bicyclic) bond motifs is 1. The normalized spacial score (nSPS) is 11.2. The van der Waals surface area contributed by atoms with E-state index in [-0.39, 0.29) is 0 Å². The van der Waals surface area contributed by atoms with Gasteiger partial charge in [0.1, 0.15) is 0 Å². The van der Waals surface area contributed by atoms with Crippen LogP contribution in [0.25, 0.3) is 11.0 Å². The van der Waals surface area contributed by atoms with Crippen LogP contribution in [0.2, 0.25) is 0 Å². The van der Waals surface area contributed by atoms with Crippen LogP contribution in [-0.2, 0) is 6.42 Å². The van der Waals surface area contributed by atoms with E-state index in [1.807, 2.05) is 12.1 Å². The molecule has 0 fully saturated rings. The van der Waals surface area contributed by atoms with Gasteiger partial charge in [-0.1, -0.05) is 26.0 Å². The fourth-order valence-corrected chi connectivity index (χ4v) is 1.90. The molecule has 1 aromatic heterocycles. The van der Waals surface area contributed by atoms with Crippen molar-refractivity contribution in [3.63, 3.8) is 0 Å². The first-order chi connectivity index (χ1) is 7.66. The van der Waals surface area contributed by atoms with E-state index >= 15 is 0 Å². The summed E-state index contributed by atoms with van der Waals surface area (Å²) in [6.45, 7) is 6.57. The van der Waals surface area contributed by atoms with E-state index < -0.39 is 0 Å². The topological polar surface area (TPSA) is 11.3 Å². The maximum atomic E-state index is 5.83. The van der Waals surface area contributed by atoms with Crippen molar-refractivity contribution in [3.05, 3.63) is 41.7 Å². The molecule has 2 aromatic rings. The number of hydrogen-bond acceptors (Lipinski definition) is 0. The van der Waals surface area contributed by atoms with Crippen molar-refractivity contribution in [1.29, 1.82) is 0 Å². The minimum Gasteiger partial charge on any atom is -0.212 e. The maximum absolute atomic E-state index is 5.83. The summed E-state index contributed by atoms with van der Waals surface area (Å²) in [5, 5.41) is 1.20. The van der Waals surface area contributed by atoms with Gasteiger partial charge in [-0.05, 0) is 30.9 Å². The lowest BCUT2D eigenvalue weighted by Gasteiger charge is -2.03. The minimum absolute atomic E-state index is 0.742. The van der Waals surface area contributed by atoms with E-state index in [0.717, 1.165) is 23.7 Å². The van der Waals surface area contributed by atoms with E-state index in [9.17, 15) is 0 Å². The molecule has 0 unspecified atom stereocenters. The summed E-state index contributed by atoms with van der Waals surface area (Å²) in [5.74, 6) is 1.80. The molecular formula is C15H19O+. The largest absolute Gasteiger partial charge is 0.360 e. The van der Waals surface area contributed by atoms with Gasteiger partial charge in [-0.3, -0.25) is 0 Å². The first-order valence-electron chi connectivity index (χ1n) is 5.98. The summed E-state index contributed by atoms with van der Waals surface area (Å²) in [7, 11) is 0. The molecule has 84 valence electrons.